The van der Waals surface area contributed by atoms with Gasteiger partial charge in [0, 0.05) is 19.1 Å². The molecule has 1 heterocycles. The van der Waals surface area contributed by atoms with Gasteiger partial charge in [0.2, 0.25) is 5.91 Å². The van der Waals surface area contributed by atoms with Crippen LogP contribution in [0.5, 0.6) is 0 Å². The number of hydrogen-bond donors (Lipinski definition) is 3. The SMILES string of the molecule is CC(C)NC(=O)CNC(=O)N1CCC(OCC(=O)O)CC1. The molecule has 120 valence electrons. The average molecular weight is 301 g/mol. The lowest BCUT2D eigenvalue weighted by atomic mass is 10.1. The number of piperidine rings is 1. The predicted octanol–water partition coefficient (Wildman–Crippen LogP) is -0.214. The van der Waals surface area contributed by atoms with Crippen molar-refractivity contribution in [1.29, 1.82) is 0 Å². The van der Waals surface area contributed by atoms with Crippen LogP contribution in [0.1, 0.15) is 26.7 Å². The summed E-state index contributed by atoms with van der Waals surface area (Å²) in [5.74, 6) is -1.22. The number of likely N-dealkylation sites (tertiary alicyclic amines) is 1. The fraction of sp³-hybridized carbons (Fsp3) is 0.769. The van der Waals surface area contributed by atoms with Crippen LogP contribution in [-0.4, -0.2) is 66.3 Å². The number of urea groups is 1. The van der Waals surface area contributed by atoms with Gasteiger partial charge < -0.3 is 25.4 Å². The van der Waals surface area contributed by atoms with Crippen molar-refractivity contribution in [3.63, 3.8) is 0 Å². The molecule has 1 saturated heterocycles. The zero-order chi connectivity index (χ0) is 15.8. The Labute approximate surface area is 123 Å². The van der Waals surface area contributed by atoms with Gasteiger partial charge in [0.15, 0.2) is 0 Å². The lowest BCUT2D eigenvalue weighted by Crippen LogP contribution is -2.49. The minimum Gasteiger partial charge on any atom is -0.480 e. The fourth-order valence-corrected chi connectivity index (χ4v) is 2.06. The van der Waals surface area contributed by atoms with E-state index in [4.69, 9.17) is 9.84 Å². The Bertz CT molecular complexity index is 378. The summed E-state index contributed by atoms with van der Waals surface area (Å²) in [6, 6.07) is -0.248. The molecule has 0 atom stereocenters. The quantitative estimate of drug-likeness (QED) is 0.629. The van der Waals surface area contributed by atoms with Gasteiger partial charge in [0.25, 0.3) is 0 Å². The minimum atomic E-state index is -0.994. The van der Waals surface area contributed by atoms with Gasteiger partial charge in [-0.05, 0) is 26.7 Å². The standard InChI is InChI=1S/C13H23N3O5/c1-9(2)15-11(17)7-14-13(20)16-5-3-10(4-6-16)21-8-12(18)19/h9-10H,3-8H2,1-2H3,(H,14,20)(H,15,17)(H,18,19). The Kier molecular flexibility index (Phi) is 6.93. The molecule has 1 aliphatic rings. The molecule has 0 aromatic carbocycles. The lowest BCUT2D eigenvalue weighted by molar-refractivity contribution is -0.145. The first kappa shape index (κ1) is 17.2. The van der Waals surface area contributed by atoms with E-state index in [0.717, 1.165) is 0 Å². The number of carbonyl (C=O) groups excluding carboxylic acids is 2. The van der Waals surface area contributed by atoms with Crippen LogP contribution in [0, 0.1) is 0 Å². The molecule has 21 heavy (non-hydrogen) atoms. The first-order valence-corrected chi connectivity index (χ1v) is 7.04. The van der Waals surface area contributed by atoms with Crippen molar-refractivity contribution in [2.45, 2.75) is 38.8 Å². The minimum absolute atomic E-state index is 0.0385. The molecular weight excluding hydrogens is 278 g/mol. The molecule has 0 unspecified atom stereocenters. The Hall–Kier alpha value is -1.83. The van der Waals surface area contributed by atoms with Gasteiger partial charge >= 0.3 is 12.0 Å². The van der Waals surface area contributed by atoms with E-state index in [1.54, 1.807) is 4.90 Å². The van der Waals surface area contributed by atoms with E-state index in [-0.39, 0.29) is 37.2 Å². The van der Waals surface area contributed by atoms with E-state index in [0.29, 0.717) is 25.9 Å². The monoisotopic (exact) mass is 301 g/mol. The Morgan fingerprint density at radius 1 is 1.29 bits per heavy atom. The molecule has 0 aliphatic carbocycles. The van der Waals surface area contributed by atoms with Crippen molar-refractivity contribution < 1.29 is 24.2 Å². The number of ether oxygens (including phenoxy) is 1. The van der Waals surface area contributed by atoms with E-state index >= 15 is 0 Å². The lowest BCUT2D eigenvalue weighted by Gasteiger charge is -2.31. The summed E-state index contributed by atoms with van der Waals surface area (Å²) in [4.78, 5) is 35.3. The number of amides is 3. The highest BCUT2D eigenvalue weighted by molar-refractivity contribution is 5.84. The fourth-order valence-electron chi connectivity index (χ4n) is 2.06. The van der Waals surface area contributed by atoms with E-state index in [2.05, 4.69) is 10.6 Å². The van der Waals surface area contributed by atoms with Crippen LogP contribution in [0.25, 0.3) is 0 Å². The van der Waals surface area contributed by atoms with Crippen molar-refractivity contribution in [1.82, 2.24) is 15.5 Å². The van der Waals surface area contributed by atoms with Crippen molar-refractivity contribution in [3.05, 3.63) is 0 Å². The Morgan fingerprint density at radius 2 is 1.90 bits per heavy atom. The normalized spacial score (nSPS) is 15.9. The summed E-state index contributed by atoms with van der Waals surface area (Å²) in [5, 5.41) is 13.8. The van der Waals surface area contributed by atoms with Crippen LogP contribution >= 0.6 is 0 Å². The largest absolute Gasteiger partial charge is 0.480 e. The highest BCUT2D eigenvalue weighted by Gasteiger charge is 2.23. The molecule has 1 aliphatic heterocycles. The van der Waals surface area contributed by atoms with Crippen LogP contribution in [0.4, 0.5) is 4.79 Å². The summed E-state index contributed by atoms with van der Waals surface area (Å²) < 4.78 is 5.19. The molecule has 1 fully saturated rings. The second kappa shape index (κ2) is 8.46. The maximum atomic E-state index is 11.9. The van der Waals surface area contributed by atoms with Gasteiger partial charge in [0.1, 0.15) is 6.61 Å². The molecule has 0 aromatic rings. The van der Waals surface area contributed by atoms with Gasteiger partial charge in [-0.15, -0.1) is 0 Å². The zero-order valence-corrected chi connectivity index (χ0v) is 12.4. The Morgan fingerprint density at radius 3 is 2.43 bits per heavy atom. The van der Waals surface area contributed by atoms with Crippen molar-refractivity contribution in [2.75, 3.05) is 26.2 Å². The highest BCUT2D eigenvalue weighted by Crippen LogP contribution is 2.13. The van der Waals surface area contributed by atoms with Crippen molar-refractivity contribution in [2.24, 2.45) is 0 Å². The molecule has 0 spiro atoms. The predicted molar refractivity (Wildman–Crippen MR) is 74.9 cm³/mol. The molecule has 3 amide bonds. The molecule has 0 bridgehead atoms. The number of carboxylic acid groups (broad SMARTS) is 1. The second-order valence-electron chi connectivity index (χ2n) is 5.27. The van der Waals surface area contributed by atoms with Crippen LogP contribution < -0.4 is 10.6 Å². The molecule has 0 saturated carbocycles. The van der Waals surface area contributed by atoms with Gasteiger partial charge in [-0.1, -0.05) is 0 Å². The molecule has 8 heteroatoms. The topological polar surface area (TPSA) is 108 Å². The summed E-state index contributed by atoms with van der Waals surface area (Å²) in [5.41, 5.74) is 0. The van der Waals surface area contributed by atoms with Crippen LogP contribution in [0.15, 0.2) is 0 Å². The van der Waals surface area contributed by atoms with Crippen molar-refractivity contribution >= 4 is 17.9 Å². The molecule has 8 nitrogen and oxygen atoms in total. The zero-order valence-electron chi connectivity index (χ0n) is 12.4. The Balaban J connectivity index is 2.22. The summed E-state index contributed by atoms with van der Waals surface area (Å²) >= 11 is 0. The number of carbonyl (C=O) groups is 3. The van der Waals surface area contributed by atoms with Gasteiger partial charge in [-0.3, -0.25) is 4.79 Å². The first-order valence-electron chi connectivity index (χ1n) is 7.04. The number of hydrogen-bond acceptors (Lipinski definition) is 4. The third-order valence-corrected chi connectivity index (χ3v) is 3.02. The van der Waals surface area contributed by atoms with E-state index in [9.17, 15) is 14.4 Å². The number of rotatable bonds is 6. The maximum absolute atomic E-state index is 11.9. The number of nitrogens with one attached hydrogen (secondary N) is 2. The molecular formula is C13H23N3O5. The summed E-state index contributed by atoms with van der Waals surface area (Å²) in [6.45, 7) is 4.31. The maximum Gasteiger partial charge on any atom is 0.329 e. The molecule has 0 radical (unpaired) electrons. The smallest absolute Gasteiger partial charge is 0.329 e. The number of aliphatic carboxylic acids is 1. The van der Waals surface area contributed by atoms with E-state index in [1.807, 2.05) is 13.8 Å². The third kappa shape index (κ3) is 6.94. The molecule has 1 rings (SSSR count). The first-order chi connectivity index (χ1) is 9.88. The average Bonchev–Trinajstić information content (AvgIpc) is 2.42. The summed E-state index contributed by atoms with van der Waals surface area (Å²) in [7, 11) is 0. The van der Waals surface area contributed by atoms with E-state index < -0.39 is 5.97 Å². The molecule has 0 aromatic heterocycles. The van der Waals surface area contributed by atoms with Crippen LogP contribution in [0.3, 0.4) is 0 Å². The van der Waals surface area contributed by atoms with Crippen molar-refractivity contribution in [3.8, 4) is 0 Å². The molecule has 3 N–H and O–H groups in total. The van der Waals surface area contributed by atoms with Crippen LogP contribution in [-0.2, 0) is 14.3 Å². The number of nitrogens with zero attached hydrogens (tertiary/aromatic N) is 1. The van der Waals surface area contributed by atoms with Crippen LogP contribution in [0.2, 0.25) is 0 Å². The van der Waals surface area contributed by atoms with Gasteiger partial charge in [-0.2, -0.15) is 0 Å². The summed E-state index contributed by atoms with van der Waals surface area (Å²) in [6.07, 6.45) is 1.06. The number of carboxylic acids is 1. The second-order valence-corrected chi connectivity index (χ2v) is 5.27. The van der Waals surface area contributed by atoms with Gasteiger partial charge in [0.05, 0.1) is 12.6 Å². The third-order valence-electron chi connectivity index (χ3n) is 3.02. The van der Waals surface area contributed by atoms with E-state index in [1.165, 1.54) is 0 Å². The highest BCUT2D eigenvalue weighted by atomic mass is 16.5. The van der Waals surface area contributed by atoms with Gasteiger partial charge in [-0.25, -0.2) is 9.59 Å².